The van der Waals surface area contributed by atoms with Crippen LogP contribution in [0.5, 0.6) is 0 Å². The van der Waals surface area contributed by atoms with Gasteiger partial charge >= 0.3 is 6.18 Å². The molecule has 1 nitrogen and oxygen atoms in total. The third kappa shape index (κ3) is 2.92. The molecule has 0 fully saturated rings. The van der Waals surface area contributed by atoms with Crippen molar-refractivity contribution < 1.29 is 22.4 Å². The summed E-state index contributed by atoms with van der Waals surface area (Å²) in [6, 6.07) is 3.18. The Labute approximate surface area is 87.7 Å². The predicted octanol–water partition coefficient (Wildman–Crippen LogP) is 3.42. The fourth-order valence-corrected chi connectivity index (χ4v) is 1.08. The van der Waals surface area contributed by atoms with Crippen molar-refractivity contribution >= 4 is 17.4 Å². The van der Waals surface area contributed by atoms with E-state index in [1.807, 2.05) is 0 Å². The zero-order chi connectivity index (χ0) is 11.6. The van der Waals surface area contributed by atoms with Crippen LogP contribution in [0.1, 0.15) is 15.9 Å². The molecule has 0 saturated heterocycles. The van der Waals surface area contributed by atoms with Gasteiger partial charge in [0.15, 0.2) is 0 Å². The summed E-state index contributed by atoms with van der Waals surface area (Å²) in [5.74, 6) is -1.05. The summed E-state index contributed by atoms with van der Waals surface area (Å²) in [4.78, 5) is 10.9. The quantitative estimate of drug-likeness (QED) is 0.440. The van der Waals surface area contributed by atoms with Gasteiger partial charge in [0, 0.05) is 5.56 Å². The summed E-state index contributed by atoms with van der Waals surface area (Å²) in [7, 11) is 0. The molecule has 1 unspecified atom stereocenters. The highest BCUT2D eigenvalue weighted by Gasteiger charge is 2.30. The second kappa shape index (κ2) is 4.18. The topological polar surface area (TPSA) is 17.1 Å². The zero-order valence-electron chi connectivity index (χ0n) is 7.18. The normalized spacial score (nSPS) is 13.7. The first-order chi connectivity index (χ1) is 6.82. The monoisotopic (exact) mass is 240 g/mol. The number of hydrogen-bond donors (Lipinski definition) is 0. The molecule has 82 valence electrons. The first-order valence-electron chi connectivity index (χ1n) is 3.82. The number of hydrogen-bond acceptors (Lipinski definition) is 1. The molecule has 0 radical (unpaired) electrons. The number of alkyl halides is 5. The van der Waals surface area contributed by atoms with Crippen LogP contribution >= 0.6 is 11.6 Å². The van der Waals surface area contributed by atoms with Crippen LogP contribution in [-0.4, -0.2) is 11.4 Å². The van der Waals surface area contributed by atoms with E-state index < -0.39 is 23.2 Å². The maximum atomic E-state index is 12.3. The second-order valence-electron chi connectivity index (χ2n) is 2.74. The Morgan fingerprint density at radius 3 is 2.00 bits per heavy atom. The minimum absolute atomic E-state index is 0.189. The molecular formula is C9H5ClF4O. The van der Waals surface area contributed by atoms with Gasteiger partial charge < -0.3 is 0 Å². The lowest BCUT2D eigenvalue weighted by Crippen LogP contribution is -2.10. The number of benzene rings is 1. The van der Waals surface area contributed by atoms with Crippen molar-refractivity contribution in [3.05, 3.63) is 35.4 Å². The summed E-state index contributed by atoms with van der Waals surface area (Å²) < 4.78 is 48.6. The highest BCUT2D eigenvalue weighted by Crippen LogP contribution is 2.29. The van der Waals surface area contributed by atoms with Crippen LogP contribution in [0.2, 0.25) is 0 Å². The molecule has 1 aromatic rings. The molecule has 1 aromatic carbocycles. The lowest BCUT2D eigenvalue weighted by Gasteiger charge is -2.06. The molecule has 0 aromatic heterocycles. The van der Waals surface area contributed by atoms with Crippen LogP contribution < -0.4 is 0 Å². The van der Waals surface area contributed by atoms with Gasteiger partial charge in [0.05, 0.1) is 5.56 Å². The average Bonchev–Trinajstić information content (AvgIpc) is 2.15. The Morgan fingerprint density at radius 1 is 1.20 bits per heavy atom. The van der Waals surface area contributed by atoms with Crippen molar-refractivity contribution in [2.45, 2.75) is 11.8 Å². The molecule has 0 aliphatic carbocycles. The van der Waals surface area contributed by atoms with E-state index in [4.69, 9.17) is 11.6 Å². The van der Waals surface area contributed by atoms with E-state index in [0.29, 0.717) is 12.1 Å². The minimum Gasteiger partial charge on any atom is -0.289 e. The van der Waals surface area contributed by atoms with Crippen LogP contribution in [0, 0.1) is 0 Å². The number of ketones is 1. The number of halogens is 5. The van der Waals surface area contributed by atoms with Gasteiger partial charge in [-0.3, -0.25) is 4.79 Å². The molecule has 0 amide bonds. The summed E-state index contributed by atoms with van der Waals surface area (Å²) in [5.41, 5.74) is -3.32. The number of carbonyl (C=O) groups excluding carboxylic acids is 1. The Balaban J connectivity index is 2.96. The Hall–Kier alpha value is -1.10. The Morgan fingerprint density at radius 2 is 1.67 bits per heavy atom. The van der Waals surface area contributed by atoms with Gasteiger partial charge in [-0.2, -0.15) is 13.2 Å². The van der Waals surface area contributed by atoms with E-state index in [1.165, 1.54) is 0 Å². The summed E-state index contributed by atoms with van der Waals surface area (Å²) in [6.45, 7) is 0. The van der Waals surface area contributed by atoms with E-state index in [1.54, 1.807) is 0 Å². The molecule has 0 spiro atoms. The maximum Gasteiger partial charge on any atom is 0.416 e. The third-order valence-electron chi connectivity index (χ3n) is 1.69. The van der Waals surface area contributed by atoms with E-state index in [2.05, 4.69) is 0 Å². The van der Waals surface area contributed by atoms with Crippen LogP contribution in [0.15, 0.2) is 24.3 Å². The smallest absolute Gasteiger partial charge is 0.289 e. The second-order valence-corrected chi connectivity index (χ2v) is 3.12. The molecule has 0 heterocycles. The van der Waals surface area contributed by atoms with Crippen LogP contribution in [0.25, 0.3) is 0 Å². The molecule has 0 aliphatic heterocycles. The number of Topliss-reactive ketones (excluding diaryl/α,β-unsaturated/α-hetero) is 1. The highest BCUT2D eigenvalue weighted by atomic mass is 35.5. The van der Waals surface area contributed by atoms with Crippen molar-refractivity contribution in [1.82, 2.24) is 0 Å². The first kappa shape index (κ1) is 12.0. The fraction of sp³-hybridized carbons (Fsp3) is 0.222. The van der Waals surface area contributed by atoms with E-state index in [9.17, 15) is 22.4 Å². The summed E-state index contributed by atoms with van der Waals surface area (Å²) in [5, 5.41) is 0. The van der Waals surface area contributed by atoms with Gasteiger partial charge in [-0.05, 0) is 12.1 Å². The third-order valence-corrected chi connectivity index (χ3v) is 1.89. The average molecular weight is 241 g/mol. The molecule has 15 heavy (non-hydrogen) atoms. The molecule has 0 saturated carbocycles. The van der Waals surface area contributed by atoms with Gasteiger partial charge in [0.25, 0.3) is 0 Å². The molecule has 6 heteroatoms. The van der Waals surface area contributed by atoms with Gasteiger partial charge in [-0.15, -0.1) is 0 Å². The van der Waals surface area contributed by atoms with Gasteiger partial charge in [0.1, 0.15) is 0 Å². The summed E-state index contributed by atoms with van der Waals surface area (Å²) >= 11 is 4.85. The van der Waals surface area contributed by atoms with Gasteiger partial charge in [-0.1, -0.05) is 23.7 Å². The fourth-order valence-electron chi connectivity index (χ4n) is 0.949. The van der Waals surface area contributed by atoms with Crippen molar-refractivity contribution in [2.75, 3.05) is 0 Å². The first-order valence-corrected chi connectivity index (χ1v) is 4.25. The van der Waals surface area contributed by atoms with Crippen molar-refractivity contribution in [1.29, 1.82) is 0 Å². The maximum absolute atomic E-state index is 12.3. The van der Waals surface area contributed by atoms with Crippen LogP contribution in [-0.2, 0) is 6.18 Å². The van der Waals surface area contributed by atoms with E-state index in [-0.39, 0.29) is 5.56 Å². The SMILES string of the molecule is O=C(c1ccc(C(F)(F)F)cc1)C(F)Cl. The van der Waals surface area contributed by atoms with Gasteiger partial charge in [0.2, 0.25) is 11.4 Å². The van der Waals surface area contributed by atoms with Crippen LogP contribution in [0.3, 0.4) is 0 Å². The highest BCUT2D eigenvalue weighted by molar-refractivity contribution is 6.32. The van der Waals surface area contributed by atoms with E-state index in [0.717, 1.165) is 12.1 Å². The Kier molecular flexibility index (Phi) is 3.34. The van der Waals surface area contributed by atoms with Crippen molar-refractivity contribution in [3.8, 4) is 0 Å². The zero-order valence-corrected chi connectivity index (χ0v) is 7.94. The lowest BCUT2D eigenvalue weighted by molar-refractivity contribution is -0.137. The molecule has 1 atom stereocenters. The number of carbonyl (C=O) groups is 1. The number of rotatable bonds is 2. The van der Waals surface area contributed by atoms with Crippen molar-refractivity contribution in [3.63, 3.8) is 0 Å². The largest absolute Gasteiger partial charge is 0.416 e. The molecular weight excluding hydrogens is 236 g/mol. The predicted molar refractivity (Wildman–Crippen MR) is 46.5 cm³/mol. The van der Waals surface area contributed by atoms with Crippen molar-refractivity contribution in [2.24, 2.45) is 0 Å². The molecule has 0 N–H and O–H groups in total. The lowest BCUT2D eigenvalue weighted by atomic mass is 10.1. The molecule has 0 bridgehead atoms. The minimum atomic E-state index is -4.47. The molecule has 0 aliphatic rings. The van der Waals surface area contributed by atoms with Crippen LogP contribution in [0.4, 0.5) is 17.6 Å². The Bertz CT molecular complexity index is 355. The summed E-state index contributed by atoms with van der Waals surface area (Å²) in [6.07, 6.45) is -4.47. The van der Waals surface area contributed by atoms with Gasteiger partial charge in [-0.25, -0.2) is 4.39 Å². The van der Waals surface area contributed by atoms with E-state index >= 15 is 0 Å². The standard InChI is InChI=1S/C9H5ClF4O/c10-8(11)7(15)5-1-3-6(4-2-5)9(12,13)14/h1-4,8H. The molecule has 1 rings (SSSR count).